The van der Waals surface area contributed by atoms with E-state index in [2.05, 4.69) is 34.4 Å². The minimum Gasteiger partial charge on any atom is -0.472 e. The van der Waals surface area contributed by atoms with Crippen LogP contribution >= 0.6 is 22.9 Å². The zero-order chi connectivity index (χ0) is 27.3. The Bertz CT molecular complexity index is 1740. The number of nitriles is 1. The molecule has 39 heavy (non-hydrogen) atoms. The second kappa shape index (κ2) is 9.76. The molecule has 2 aliphatic rings. The summed E-state index contributed by atoms with van der Waals surface area (Å²) in [6, 6.07) is 12.4. The zero-order valence-electron chi connectivity index (χ0n) is 21.3. The fourth-order valence-corrected chi connectivity index (χ4v) is 6.22. The van der Waals surface area contributed by atoms with Gasteiger partial charge in [-0.25, -0.2) is 0 Å². The van der Waals surface area contributed by atoms with Crippen LogP contribution in [0.3, 0.4) is 0 Å². The molecule has 0 bridgehead atoms. The Kier molecular flexibility index (Phi) is 6.25. The second-order valence-corrected chi connectivity index (χ2v) is 11.0. The van der Waals surface area contributed by atoms with Gasteiger partial charge in [0, 0.05) is 37.8 Å². The largest absolute Gasteiger partial charge is 0.472 e. The summed E-state index contributed by atoms with van der Waals surface area (Å²) >= 11 is 7.85. The molecule has 4 aromatic rings. The van der Waals surface area contributed by atoms with Crippen LogP contribution in [-0.2, 0) is 16.1 Å². The van der Waals surface area contributed by atoms with E-state index in [4.69, 9.17) is 26.6 Å². The lowest BCUT2D eigenvalue weighted by atomic mass is 9.99. The molecule has 2 aliphatic heterocycles. The van der Waals surface area contributed by atoms with E-state index in [1.54, 1.807) is 29.7 Å². The quantitative estimate of drug-likeness (QED) is 0.329. The third-order valence-electron chi connectivity index (χ3n) is 6.87. The number of hydrogen-bond acceptors (Lipinski definition) is 8. The number of fused-ring (bicyclic) bond motifs is 4. The molecule has 0 fully saturated rings. The molecule has 1 amide bonds. The molecule has 11 heteroatoms. The van der Waals surface area contributed by atoms with E-state index in [0.29, 0.717) is 29.0 Å². The van der Waals surface area contributed by atoms with Gasteiger partial charge in [0.15, 0.2) is 5.82 Å². The van der Waals surface area contributed by atoms with Gasteiger partial charge in [0.05, 0.1) is 12.1 Å². The standard InChI is InChI=1S/C28H22ClN7O2S/c1-14-15(2)39-28-24(14)25(17-4-6-19(29)7-5-17)33-22(26-35-34-16(3)36(26)28)11-23(37)32-20-8-9-21-18(10-20)12-38-27(21)31-13-30/h4-10,22H,11-12H2,1-3H3,(H,32,37)/b31-27-/t22-/m0/s1. The molecule has 1 N–H and O–H groups in total. The Hall–Kier alpha value is -4.33. The number of ether oxygens (including phenoxy) is 1. The molecule has 194 valence electrons. The van der Waals surface area contributed by atoms with Crippen molar-refractivity contribution in [2.75, 3.05) is 5.32 Å². The zero-order valence-corrected chi connectivity index (χ0v) is 22.9. The highest BCUT2D eigenvalue weighted by Gasteiger charge is 2.32. The number of benzene rings is 2. The number of amides is 1. The van der Waals surface area contributed by atoms with Gasteiger partial charge < -0.3 is 10.1 Å². The van der Waals surface area contributed by atoms with Crippen LogP contribution in [0.15, 0.2) is 52.4 Å². The lowest BCUT2D eigenvalue weighted by Gasteiger charge is -2.13. The molecule has 0 saturated carbocycles. The first kappa shape index (κ1) is 25.0. The minimum absolute atomic E-state index is 0.0664. The smallest absolute Gasteiger partial charge is 0.232 e. The third kappa shape index (κ3) is 4.39. The van der Waals surface area contributed by atoms with Crippen LogP contribution < -0.4 is 5.32 Å². The number of hydrogen-bond donors (Lipinski definition) is 1. The Balaban J connectivity index is 1.37. The summed E-state index contributed by atoms with van der Waals surface area (Å²) in [7, 11) is 0. The van der Waals surface area contributed by atoms with E-state index in [1.807, 2.05) is 41.8 Å². The average Bonchev–Trinajstić information content (AvgIpc) is 3.55. The van der Waals surface area contributed by atoms with Gasteiger partial charge in [0.2, 0.25) is 18.0 Å². The number of anilines is 1. The first-order valence-electron chi connectivity index (χ1n) is 12.2. The molecule has 0 spiro atoms. The van der Waals surface area contributed by atoms with Crippen molar-refractivity contribution in [3.05, 3.63) is 91.8 Å². The molecule has 0 radical (unpaired) electrons. The van der Waals surface area contributed by atoms with Crippen molar-refractivity contribution in [2.24, 2.45) is 9.98 Å². The van der Waals surface area contributed by atoms with E-state index in [1.165, 1.54) is 4.88 Å². The van der Waals surface area contributed by atoms with Crippen LogP contribution in [0.4, 0.5) is 5.69 Å². The van der Waals surface area contributed by atoms with Gasteiger partial charge in [0.25, 0.3) is 0 Å². The summed E-state index contributed by atoms with van der Waals surface area (Å²) in [6.07, 6.45) is 1.82. The van der Waals surface area contributed by atoms with Crippen molar-refractivity contribution >= 4 is 46.1 Å². The van der Waals surface area contributed by atoms with Crippen LogP contribution in [0.5, 0.6) is 0 Å². The predicted molar refractivity (Wildman–Crippen MR) is 150 cm³/mol. The predicted octanol–water partition coefficient (Wildman–Crippen LogP) is 5.59. The number of carbonyl (C=O) groups is 1. The number of rotatable bonds is 4. The average molecular weight is 556 g/mol. The summed E-state index contributed by atoms with van der Waals surface area (Å²) in [5, 5.41) is 22.3. The maximum atomic E-state index is 13.3. The van der Waals surface area contributed by atoms with Crippen molar-refractivity contribution in [3.63, 3.8) is 0 Å². The normalized spacial score (nSPS) is 16.4. The highest BCUT2D eigenvalue weighted by molar-refractivity contribution is 7.15. The molecule has 1 atom stereocenters. The van der Waals surface area contributed by atoms with Crippen LogP contribution in [0.25, 0.3) is 5.00 Å². The first-order valence-corrected chi connectivity index (χ1v) is 13.4. The topological polar surface area (TPSA) is 118 Å². The fourth-order valence-electron chi connectivity index (χ4n) is 4.88. The Morgan fingerprint density at radius 2 is 2.03 bits per heavy atom. The molecular weight excluding hydrogens is 534 g/mol. The van der Waals surface area contributed by atoms with Crippen molar-refractivity contribution < 1.29 is 9.53 Å². The number of nitrogens with zero attached hydrogens (tertiary/aromatic N) is 6. The SMILES string of the molecule is Cc1sc2c(c1C)C(c1ccc(Cl)cc1)=N[C@@H](CC(=O)Nc1ccc3c(c1)CO/C3=N\C#N)c1nnc(C)n1-2. The second-order valence-electron chi connectivity index (χ2n) is 9.33. The van der Waals surface area contributed by atoms with Crippen molar-refractivity contribution in [1.29, 1.82) is 5.26 Å². The van der Waals surface area contributed by atoms with Crippen molar-refractivity contribution in [2.45, 2.75) is 39.8 Å². The molecule has 9 nitrogen and oxygen atoms in total. The Morgan fingerprint density at radius 3 is 2.79 bits per heavy atom. The van der Waals surface area contributed by atoms with Crippen LogP contribution in [0.2, 0.25) is 5.02 Å². The van der Waals surface area contributed by atoms with Crippen LogP contribution in [0.1, 0.15) is 56.8 Å². The monoisotopic (exact) mass is 555 g/mol. The summed E-state index contributed by atoms with van der Waals surface area (Å²) in [6.45, 7) is 6.38. The maximum absolute atomic E-state index is 13.3. The maximum Gasteiger partial charge on any atom is 0.232 e. The number of halogens is 1. The lowest BCUT2D eigenvalue weighted by molar-refractivity contribution is -0.116. The number of aryl methyl sites for hydroxylation is 2. The Labute approximate surface area is 233 Å². The van der Waals surface area contributed by atoms with Crippen molar-refractivity contribution in [3.8, 4) is 11.2 Å². The summed E-state index contributed by atoms with van der Waals surface area (Å²) in [4.78, 5) is 23.4. The first-order chi connectivity index (χ1) is 18.8. The fraction of sp³-hybridized carbons (Fsp3) is 0.214. The number of aromatic nitrogens is 3. The number of aliphatic imine (C=N–C) groups is 2. The van der Waals surface area contributed by atoms with Gasteiger partial charge in [0.1, 0.15) is 23.5 Å². The third-order valence-corrected chi connectivity index (χ3v) is 8.32. The highest BCUT2D eigenvalue weighted by atomic mass is 35.5. The molecule has 6 rings (SSSR count). The van der Waals surface area contributed by atoms with Gasteiger partial charge in [-0.15, -0.1) is 26.5 Å². The van der Waals surface area contributed by atoms with Gasteiger partial charge in [-0.3, -0.25) is 14.4 Å². The minimum atomic E-state index is -0.566. The summed E-state index contributed by atoms with van der Waals surface area (Å²) in [5.41, 5.74) is 6.08. The molecule has 0 unspecified atom stereocenters. The highest BCUT2D eigenvalue weighted by Crippen LogP contribution is 2.39. The van der Waals surface area contributed by atoms with E-state index in [0.717, 1.165) is 44.4 Å². The van der Waals surface area contributed by atoms with Gasteiger partial charge in [-0.2, -0.15) is 5.26 Å². The number of carbonyl (C=O) groups excluding carboxylic acids is 1. The van der Waals surface area contributed by atoms with E-state index >= 15 is 0 Å². The van der Waals surface area contributed by atoms with E-state index in [9.17, 15) is 4.79 Å². The van der Waals surface area contributed by atoms with Crippen molar-refractivity contribution in [1.82, 2.24) is 14.8 Å². The summed E-state index contributed by atoms with van der Waals surface area (Å²) < 4.78 is 7.50. The van der Waals surface area contributed by atoms with Gasteiger partial charge in [-0.1, -0.05) is 23.7 Å². The molecule has 2 aromatic heterocycles. The molecule has 0 aliphatic carbocycles. The molecule has 4 heterocycles. The van der Waals surface area contributed by atoms with Gasteiger partial charge in [-0.05, 0) is 56.7 Å². The van der Waals surface area contributed by atoms with Crippen LogP contribution in [0, 0.1) is 32.2 Å². The molecule has 2 aromatic carbocycles. The number of thiophene rings is 1. The summed E-state index contributed by atoms with van der Waals surface area (Å²) in [5.74, 6) is 1.43. The lowest BCUT2D eigenvalue weighted by Crippen LogP contribution is -2.17. The molecule has 0 saturated heterocycles. The molecular formula is C28H22ClN7O2S. The van der Waals surface area contributed by atoms with E-state index < -0.39 is 6.04 Å². The Morgan fingerprint density at radius 1 is 1.23 bits per heavy atom. The van der Waals surface area contributed by atoms with Crippen LogP contribution in [-0.4, -0.2) is 32.3 Å². The van der Waals surface area contributed by atoms with E-state index in [-0.39, 0.29) is 12.3 Å². The van der Waals surface area contributed by atoms with Gasteiger partial charge >= 0.3 is 0 Å². The number of nitrogens with one attached hydrogen (secondary N) is 1.